The van der Waals surface area contributed by atoms with Gasteiger partial charge in [0, 0.05) is 18.1 Å². The maximum atomic E-state index is 12.3. The van der Waals surface area contributed by atoms with Crippen molar-refractivity contribution in [2.45, 2.75) is 29.8 Å². The van der Waals surface area contributed by atoms with Crippen LogP contribution in [0.2, 0.25) is 0 Å². The van der Waals surface area contributed by atoms with Gasteiger partial charge >= 0.3 is 0 Å². The van der Waals surface area contributed by atoms with Crippen molar-refractivity contribution >= 4 is 33.4 Å². The van der Waals surface area contributed by atoms with Gasteiger partial charge in [-0.3, -0.25) is 9.36 Å². The first kappa shape index (κ1) is 21.1. The van der Waals surface area contributed by atoms with E-state index in [0.717, 1.165) is 10.8 Å². The topological polar surface area (TPSA) is 107 Å². The average Bonchev–Trinajstić information content (AvgIpc) is 3.14. The van der Waals surface area contributed by atoms with Crippen molar-refractivity contribution in [1.82, 2.24) is 9.55 Å². The van der Waals surface area contributed by atoms with E-state index in [-0.39, 0.29) is 16.6 Å². The van der Waals surface area contributed by atoms with Crippen molar-refractivity contribution in [3.63, 3.8) is 0 Å². The Morgan fingerprint density at radius 2 is 1.86 bits per heavy atom. The lowest BCUT2D eigenvalue weighted by Crippen LogP contribution is -2.15. The Labute approximate surface area is 174 Å². The number of imidazole rings is 1. The number of sulfonamides is 1. The molecule has 0 spiro atoms. The van der Waals surface area contributed by atoms with Gasteiger partial charge in [0.25, 0.3) is 0 Å². The third kappa shape index (κ3) is 5.26. The molecule has 0 radical (unpaired) electrons. The van der Waals surface area contributed by atoms with Crippen molar-refractivity contribution in [2.24, 2.45) is 5.14 Å². The molecule has 3 aromatic rings. The minimum atomic E-state index is -3.76. The molecule has 1 aromatic heterocycles. The molecule has 2 aromatic carbocycles. The summed E-state index contributed by atoms with van der Waals surface area (Å²) in [6.07, 6.45) is 3.59. The first-order valence-electron chi connectivity index (χ1n) is 8.94. The molecule has 29 heavy (non-hydrogen) atoms. The minimum absolute atomic E-state index is 0.00396. The van der Waals surface area contributed by atoms with Crippen LogP contribution in [0.1, 0.15) is 25.3 Å². The van der Waals surface area contributed by atoms with E-state index in [0.29, 0.717) is 11.6 Å². The molecule has 0 saturated carbocycles. The predicted octanol–water partition coefficient (Wildman–Crippen LogP) is 3.37. The summed E-state index contributed by atoms with van der Waals surface area (Å²) in [4.78, 5) is 16.7. The van der Waals surface area contributed by atoms with E-state index in [2.05, 4.69) is 30.2 Å². The predicted molar refractivity (Wildman–Crippen MR) is 115 cm³/mol. The number of nitrogens with zero attached hydrogens (tertiary/aromatic N) is 2. The number of anilines is 1. The largest absolute Gasteiger partial charge is 0.325 e. The van der Waals surface area contributed by atoms with Gasteiger partial charge in [0.15, 0.2) is 5.16 Å². The highest BCUT2D eigenvalue weighted by Crippen LogP contribution is 2.27. The number of rotatable bonds is 7. The second-order valence-corrected chi connectivity index (χ2v) is 9.20. The summed E-state index contributed by atoms with van der Waals surface area (Å²) in [5.74, 6) is 0.303. The number of hydrogen-bond acceptors (Lipinski definition) is 5. The Hall–Kier alpha value is -2.62. The number of amides is 1. The normalized spacial score (nSPS) is 11.6. The molecule has 0 aliphatic carbocycles. The fourth-order valence-corrected chi connectivity index (χ4v) is 4.11. The molecule has 3 rings (SSSR count). The second kappa shape index (κ2) is 8.81. The summed E-state index contributed by atoms with van der Waals surface area (Å²) in [7, 11) is -3.76. The van der Waals surface area contributed by atoms with Crippen LogP contribution in [-0.2, 0) is 14.8 Å². The number of aromatic nitrogens is 2. The van der Waals surface area contributed by atoms with E-state index < -0.39 is 10.0 Å². The molecule has 7 nitrogen and oxygen atoms in total. The fraction of sp³-hybridized carbons (Fsp3) is 0.200. The van der Waals surface area contributed by atoms with Gasteiger partial charge in [0.05, 0.1) is 16.3 Å². The number of carbonyl (C=O) groups excluding carboxylic acids is 1. The molecule has 152 valence electrons. The van der Waals surface area contributed by atoms with Crippen LogP contribution in [0, 0.1) is 0 Å². The van der Waals surface area contributed by atoms with Gasteiger partial charge in [-0.25, -0.2) is 18.5 Å². The molecule has 0 bridgehead atoms. The summed E-state index contributed by atoms with van der Waals surface area (Å²) in [6, 6.07) is 13.8. The maximum Gasteiger partial charge on any atom is 0.238 e. The molecule has 0 aliphatic heterocycles. The Kier molecular flexibility index (Phi) is 6.41. The summed E-state index contributed by atoms with van der Waals surface area (Å²) < 4.78 is 24.6. The Morgan fingerprint density at radius 3 is 2.52 bits per heavy atom. The molecule has 3 N–H and O–H groups in total. The first-order valence-corrected chi connectivity index (χ1v) is 11.5. The Morgan fingerprint density at radius 1 is 1.17 bits per heavy atom. The SMILES string of the molecule is CC(C)c1ccccc1-n1ccnc1SCC(=O)Nc1ccc(S(N)(=O)=O)cc1. The van der Waals surface area contributed by atoms with E-state index in [1.54, 1.807) is 6.20 Å². The monoisotopic (exact) mass is 430 g/mol. The van der Waals surface area contributed by atoms with Crippen molar-refractivity contribution in [3.8, 4) is 5.69 Å². The van der Waals surface area contributed by atoms with Gasteiger partial charge in [-0.05, 0) is 41.8 Å². The quantitative estimate of drug-likeness (QED) is 0.559. The molecular formula is C20H22N4O3S2. The number of carbonyl (C=O) groups is 1. The molecule has 1 heterocycles. The van der Waals surface area contributed by atoms with Crippen LogP contribution < -0.4 is 10.5 Å². The molecular weight excluding hydrogens is 408 g/mol. The lowest BCUT2D eigenvalue weighted by Gasteiger charge is -2.15. The van der Waals surface area contributed by atoms with Crippen molar-refractivity contribution < 1.29 is 13.2 Å². The van der Waals surface area contributed by atoms with E-state index >= 15 is 0 Å². The van der Waals surface area contributed by atoms with Crippen LogP contribution in [-0.4, -0.2) is 29.6 Å². The lowest BCUT2D eigenvalue weighted by molar-refractivity contribution is -0.113. The van der Waals surface area contributed by atoms with Crippen molar-refractivity contribution in [1.29, 1.82) is 0 Å². The first-order chi connectivity index (χ1) is 13.8. The van der Waals surface area contributed by atoms with Crippen LogP contribution in [0.5, 0.6) is 0 Å². The van der Waals surface area contributed by atoms with E-state index in [4.69, 9.17) is 5.14 Å². The lowest BCUT2D eigenvalue weighted by atomic mass is 10.0. The summed E-state index contributed by atoms with van der Waals surface area (Å²) in [6.45, 7) is 4.27. The molecule has 9 heteroatoms. The van der Waals surface area contributed by atoms with Crippen LogP contribution in [0.25, 0.3) is 5.69 Å². The van der Waals surface area contributed by atoms with Crippen molar-refractivity contribution in [2.75, 3.05) is 11.1 Å². The number of benzene rings is 2. The molecule has 1 amide bonds. The fourth-order valence-electron chi connectivity index (χ4n) is 2.83. The second-order valence-electron chi connectivity index (χ2n) is 6.70. The molecule has 0 atom stereocenters. The maximum absolute atomic E-state index is 12.3. The van der Waals surface area contributed by atoms with Crippen LogP contribution in [0.15, 0.2) is 71.0 Å². The number of primary sulfonamides is 1. The number of hydrogen-bond donors (Lipinski definition) is 2. The zero-order valence-electron chi connectivity index (χ0n) is 16.1. The van der Waals surface area contributed by atoms with Gasteiger partial charge in [-0.15, -0.1) is 0 Å². The smallest absolute Gasteiger partial charge is 0.238 e. The molecule has 0 unspecified atom stereocenters. The van der Waals surface area contributed by atoms with Gasteiger partial charge in [0.2, 0.25) is 15.9 Å². The van der Waals surface area contributed by atoms with E-state index in [9.17, 15) is 13.2 Å². The highest BCUT2D eigenvalue weighted by Gasteiger charge is 2.14. The minimum Gasteiger partial charge on any atom is -0.325 e. The van der Waals surface area contributed by atoms with Crippen LogP contribution >= 0.6 is 11.8 Å². The van der Waals surface area contributed by atoms with E-state index in [1.807, 2.05) is 29.0 Å². The highest BCUT2D eigenvalue weighted by molar-refractivity contribution is 7.99. The molecule has 0 saturated heterocycles. The summed E-state index contributed by atoms with van der Waals surface area (Å²) >= 11 is 1.33. The summed E-state index contributed by atoms with van der Waals surface area (Å²) in [5.41, 5.74) is 2.74. The van der Waals surface area contributed by atoms with Gasteiger partial charge in [-0.1, -0.05) is 43.8 Å². The van der Waals surface area contributed by atoms with Gasteiger partial charge in [0.1, 0.15) is 0 Å². The van der Waals surface area contributed by atoms with Crippen LogP contribution in [0.3, 0.4) is 0 Å². The zero-order chi connectivity index (χ0) is 21.0. The van der Waals surface area contributed by atoms with Gasteiger partial charge < -0.3 is 5.32 Å². The van der Waals surface area contributed by atoms with Crippen LogP contribution in [0.4, 0.5) is 5.69 Å². The number of thioether (sulfide) groups is 1. The van der Waals surface area contributed by atoms with E-state index in [1.165, 1.54) is 41.6 Å². The molecule has 0 aliphatic rings. The Balaban J connectivity index is 1.67. The van der Waals surface area contributed by atoms with Gasteiger partial charge in [-0.2, -0.15) is 0 Å². The third-order valence-electron chi connectivity index (χ3n) is 4.22. The Bertz CT molecular complexity index is 1110. The number of para-hydroxylation sites is 1. The average molecular weight is 431 g/mol. The third-order valence-corrected chi connectivity index (χ3v) is 6.12. The molecule has 0 fully saturated rings. The highest BCUT2D eigenvalue weighted by atomic mass is 32.2. The summed E-state index contributed by atoms with van der Waals surface area (Å²) in [5, 5.41) is 8.53. The van der Waals surface area contributed by atoms with Crippen molar-refractivity contribution in [3.05, 3.63) is 66.5 Å². The zero-order valence-corrected chi connectivity index (χ0v) is 17.7. The standard InChI is InChI=1S/C20H22N4O3S2/c1-14(2)17-5-3-4-6-18(17)24-12-11-22-20(24)28-13-19(25)23-15-7-9-16(10-8-15)29(21,26)27/h3-12,14H,13H2,1-2H3,(H,23,25)(H2,21,26,27). The number of nitrogens with one attached hydrogen (secondary N) is 1. The number of nitrogens with two attached hydrogens (primary N) is 1.